The van der Waals surface area contributed by atoms with Crippen LogP contribution in [0, 0.1) is 0 Å². The molecule has 0 aliphatic rings. The normalized spacial score (nSPS) is 11.0. The van der Waals surface area contributed by atoms with E-state index in [2.05, 4.69) is 20.5 Å². The molecule has 126 valence electrons. The van der Waals surface area contributed by atoms with Crippen LogP contribution in [0.4, 0.5) is 5.82 Å². The standard InChI is InChI=1S/C17H11Cl3N4O/c18-12-6-11(16(25)13(19)7-12)9-21-24-15-8-14(20)22-17(23-15)10-4-2-1-3-5-10/h1-9,25H,(H,22,23,24)/b21-9+. The molecule has 1 aromatic heterocycles. The molecule has 0 aliphatic carbocycles. The zero-order chi connectivity index (χ0) is 17.8. The van der Waals surface area contributed by atoms with E-state index in [1.807, 2.05) is 30.3 Å². The molecule has 0 aliphatic heterocycles. The molecule has 0 amide bonds. The van der Waals surface area contributed by atoms with Crippen molar-refractivity contribution in [2.24, 2.45) is 5.10 Å². The van der Waals surface area contributed by atoms with Gasteiger partial charge in [-0.3, -0.25) is 5.43 Å². The lowest BCUT2D eigenvalue weighted by Gasteiger charge is -2.05. The molecule has 0 bridgehead atoms. The van der Waals surface area contributed by atoms with Gasteiger partial charge in [-0.15, -0.1) is 0 Å². The molecule has 0 radical (unpaired) electrons. The number of phenols is 1. The van der Waals surface area contributed by atoms with E-state index in [1.165, 1.54) is 24.4 Å². The lowest BCUT2D eigenvalue weighted by atomic mass is 10.2. The van der Waals surface area contributed by atoms with Gasteiger partial charge in [0.25, 0.3) is 0 Å². The maximum atomic E-state index is 9.90. The summed E-state index contributed by atoms with van der Waals surface area (Å²) < 4.78 is 0. The van der Waals surface area contributed by atoms with Crippen LogP contribution in [0.25, 0.3) is 11.4 Å². The molecule has 1 heterocycles. The first-order chi connectivity index (χ1) is 12.0. The summed E-state index contributed by atoms with van der Waals surface area (Å²) in [5.41, 5.74) is 3.95. The second kappa shape index (κ2) is 7.70. The van der Waals surface area contributed by atoms with E-state index in [0.717, 1.165) is 5.56 Å². The zero-order valence-corrected chi connectivity index (χ0v) is 14.9. The third-order valence-corrected chi connectivity index (χ3v) is 3.87. The maximum Gasteiger partial charge on any atom is 0.163 e. The Morgan fingerprint density at radius 3 is 2.52 bits per heavy atom. The molecule has 5 nitrogen and oxygen atoms in total. The van der Waals surface area contributed by atoms with Crippen LogP contribution in [0.2, 0.25) is 15.2 Å². The highest BCUT2D eigenvalue weighted by molar-refractivity contribution is 6.36. The second-order valence-electron chi connectivity index (χ2n) is 4.96. The molecule has 8 heteroatoms. The van der Waals surface area contributed by atoms with Gasteiger partial charge in [0.05, 0.1) is 11.2 Å². The Kier molecular flexibility index (Phi) is 5.38. The topological polar surface area (TPSA) is 70.4 Å². The maximum absolute atomic E-state index is 9.90. The zero-order valence-electron chi connectivity index (χ0n) is 12.6. The summed E-state index contributed by atoms with van der Waals surface area (Å²) in [6, 6.07) is 14.0. The van der Waals surface area contributed by atoms with E-state index in [-0.39, 0.29) is 15.9 Å². The van der Waals surface area contributed by atoms with Gasteiger partial charge in [0.2, 0.25) is 0 Å². The number of anilines is 1. The fourth-order valence-electron chi connectivity index (χ4n) is 2.04. The largest absolute Gasteiger partial charge is 0.506 e. The van der Waals surface area contributed by atoms with Gasteiger partial charge in [0, 0.05) is 22.2 Å². The van der Waals surface area contributed by atoms with Crippen molar-refractivity contribution in [2.45, 2.75) is 0 Å². The van der Waals surface area contributed by atoms with Gasteiger partial charge in [-0.1, -0.05) is 65.1 Å². The SMILES string of the molecule is Oc1c(Cl)cc(Cl)cc1/C=N/Nc1cc(Cl)nc(-c2ccccc2)n1. The van der Waals surface area contributed by atoms with Crippen molar-refractivity contribution in [1.29, 1.82) is 0 Å². The van der Waals surface area contributed by atoms with E-state index in [9.17, 15) is 5.11 Å². The molecule has 0 spiro atoms. The van der Waals surface area contributed by atoms with Gasteiger partial charge in [0.1, 0.15) is 10.9 Å². The molecule has 3 aromatic rings. The van der Waals surface area contributed by atoms with E-state index < -0.39 is 0 Å². The van der Waals surface area contributed by atoms with Crippen LogP contribution in [0.5, 0.6) is 5.75 Å². The van der Waals surface area contributed by atoms with Crippen molar-refractivity contribution >= 4 is 46.8 Å². The van der Waals surface area contributed by atoms with Crippen molar-refractivity contribution in [2.75, 3.05) is 5.43 Å². The predicted octanol–water partition coefficient (Wildman–Crippen LogP) is 5.26. The van der Waals surface area contributed by atoms with Crippen molar-refractivity contribution in [3.63, 3.8) is 0 Å². The van der Waals surface area contributed by atoms with E-state index in [4.69, 9.17) is 34.8 Å². The van der Waals surface area contributed by atoms with Gasteiger partial charge in [-0.05, 0) is 12.1 Å². The highest BCUT2D eigenvalue weighted by atomic mass is 35.5. The molecule has 0 atom stereocenters. The minimum absolute atomic E-state index is 0.109. The number of halogens is 3. The van der Waals surface area contributed by atoms with E-state index >= 15 is 0 Å². The lowest BCUT2D eigenvalue weighted by Crippen LogP contribution is -1.98. The van der Waals surface area contributed by atoms with Gasteiger partial charge < -0.3 is 5.11 Å². The van der Waals surface area contributed by atoms with Gasteiger partial charge >= 0.3 is 0 Å². The highest BCUT2D eigenvalue weighted by Crippen LogP contribution is 2.30. The Hall–Kier alpha value is -2.34. The van der Waals surface area contributed by atoms with Crippen molar-refractivity contribution in [3.8, 4) is 17.1 Å². The van der Waals surface area contributed by atoms with Crippen molar-refractivity contribution in [3.05, 3.63) is 69.3 Å². The first kappa shape index (κ1) is 17.5. The molecule has 25 heavy (non-hydrogen) atoms. The lowest BCUT2D eigenvalue weighted by molar-refractivity contribution is 0.475. The first-order valence-corrected chi connectivity index (χ1v) is 8.23. The van der Waals surface area contributed by atoms with E-state index in [0.29, 0.717) is 22.2 Å². The number of nitrogens with one attached hydrogen (secondary N) is 1. The summed E-state index contributed by atoms with van der Waals surface area (Å²) in [4.78, 5) is 8.55. The van der Waals surface area contributed by atoms with Gasteiger partial charge in [0.15, 0.2) is 11.6 Å². The smallest absolute Gasteiger partial charge is 0.163 e. The van der Waals surface area contributed by atoms with E-state index in [1.54, 1.807) is 0 Å². The van der Waals surface area contributed by atoms with Crippen LogP contribution in [0.3, 0.4) is 0 Å². The number of benzene rings is 2. The second-order valence-corrected chi connectivity index (χ2v) is 6.19. The average molecular weight is 394 g/mol. The molecule has 3 rings (SSSR count). The Balaban J connectivity index is 1.83. The number of aromatic hydroxyl groups is 1. The molecular formula is C17H11Cl3N4O. The number of hydrazone groups is 1. The highest BCUT2D eigenvalue weighted by Gasteiger charge is 2.07. The molecule has 0 fully saturated rings. The third kappa shape index (κ3) is 4.39. The molecule has 2 N–H and O–H groups in total. The van der Waals surface area contributed by atoms with Crippen LogP contribution in [-0.4, -0.2) is 21.3 Å². The molecular weight excluding hydrogens is 383 g/mol. The first-order valence-electron chi connectivity index (χ1n) is 7.10. The van der Waals surface area contributed by atoms with Crippen molar-refractivity contribution in [1.82, 2.24) is 9.97 Å². The fraction of sp³-hybridized carbons (Fsp3) is 0. The average Bonchev–Trinajstić information content (AvgIpc) is 2.59. The summed E-state index contributed by atoms with van der Waals surface area (Å²) >= 11 is 17.8. The number of rotatable bonds is 4. The van der Waals surface area contributed by atoms with Crippen LogP contribution in [0.15, 0.2) is 53.6 Å². The Labute approximate surface area is 158 Å². The number of aromatic nitrogens is 2. The van der Waals surface area contributed by atoms with Crippen LogP contribution >= 0.6 is 34.8 Å². The molecule has 0 unspecified atom stereocenters. The van der Waals surface area contributed by atoms with Gasteiger partial charge in [-0.2, -0.15) is 5.10 Å². The molecule has 0 saturated carbocycles. The number of hydrogen-bond donors (Lipinski definition) is 2. The number of hydrogen-bond acceptors (Lipinski definition) is 5. The number of nitrogens with zero attached hydrogens (tertiary/aromatic N) is 3. The minimum Gasteiger partial charge on any atom is -0.506 e. The van der Waals surface area contributed by atoms with Crippen LogP contribution in [0.1, 0.15) is 5.56 Å². The quantitative estimate of drug-likeness (QED) is 0.360. The van der Waals surface area contributed by atoms with Crippen LogP contribution in [-0.2, 0) is 0 Å². The number of phenolic OH excluding ortho intramolecular Hbond substituents is 1. The summed E-state index contributed by atoms with van der Waals surface area (Å²) in [6.45, 7) is 0. The third-order valence-electron chi connectivity index (χ3n) is 3.17. The fourth-order valence-corrected chi connectivity index (χ4v) is 2.74. The summed E-state index contributed by atoms with van der Waals surface area (Å²) in [5, 5.41) is 14.7. The Morgan fingerprint density at radius 1 is 1.00 bits per heavy atom. The van der Waals surface area contributed by atoms with Crippen LogP contribution < -0.4 is 5.43 Å². The Morgan fingerprint density at radius 2 is 1.76 bits per heavy atom. The summed E-state index contributed by atoms with van der Waals surface area (Å²) in [5.74, 6) is 0.768. The predicted molar refractivity (Wildman–Crippen MR) is 102 cm³/mol. The van der Waals surface area contributed by atoms with Gasteiger partial charge in [-0.25, -0.2) is 9.97 Å². The molecule has 0 saturated heterocycles. The molecule has 2 aromatic carbocycles. The summed E-state index contributed by atoms with van der Waals surface area (Å²) in [6.07, 6.45) is 1.38. The van der Waals surface area contributed by atoms with Crippen molar-refractivity contribution < 1.29 is 5.11 Å². The summed E-state index contributed by atoms with van der Waals surface area (Å²) in [7, 11) is 0. The monoisotopic (exact) mass is 392 g/mol. The minimum atomic E-state index is -0.109. The Bertz CT molecular complexity index is 933.